The van der Waals surface area contributed by atoms with Crippen LogP contribution in [-0.2, 0) is 6.61 Å². The summed E-state index contributed by atoms with van der Waals surface area (Å²) in [5.41, 5.74) is 1.55. The molecule has 0 spiro atoms. The van der Waals surface area contributed by atoms with Gasteiger partial charge in [0.25, 0.3) is 0 Å². The largest absolute Gasteiger partial charge is 0.487 e. The molecule has 0 aliphatic rings. The van der Waals surface area contributed by atoms with Crippen molar-refractivity contribution < 1.29 is 9.13 Å². The van der Waals surface area contributed by atoms with Crippen LogP contribution in [0.2, 0.25) is 5.02 Å². The van der Waals surface area contributed by atoms with E-state index < -0.39 is 0 Å². The van der Waals surface area contributed by atoms with Crippen LogP contribution in [0.3, 0.4) is 0 Å². The van der Waals surface area contributed by atoms with Crippen LogP contribution in [0.25, 0.3) is 0 Å². The summed E-state index contributed by atoms with van der Waals surface area (Å²) in [6.45, 7) is 2.10. The maximum absolute atomic E-state index is 13.6. The third-order valence-corrected chi connectivity index (χ3v) is 3.27. The molecule has 0 N–H and O–H groups in total. The summed E-state index contributed by atoms with van der Waals surface area (Å²) in [7, 11) is 0. The highest BCUT2D eigenvalue weighted by Gasteiger charge is 2.06. The zero-order valence-electron chi connectivity index (χ0n) is 9.71. The number of aryl methyl sites for hydroxylation is 1. The number of halogens is 3. The van der Waals surface area contributed by atoms with Crippen LogP contribution in [0.1, 0.15) is 11.1 Å². The van der Waals surface area contributed by atoms with Crippen LogP contribution < -0.4 is 4.74 Å². The van der Waals surface area contributed by atoms with Crippen molar-refractivity contribution in [2.75, 3.05) is 0 Å². The summed E-state index contributed by atoms with van der Waals surface area (Å²) >= 11 is 9.24. The SMILES string of the molecule is Cc1ccc(OCc2ccc(Br)cc2F)c(Cl)c1. The van der Waals surface area contributed by atoms with Crippen molar-refractivity contribution in [3.8, 4) is 5.75 Å². The van der Waals surface area contributed by atoms with Gasteiger partial charge in [0, 0.05) is 10.0 Å². The molecule has 0 unspecified atom stereocenters. The van der Waals surface area contributed by atoms with Gasteiger partial charge in [0.2, 0.25) is 0 Å². The minimum atomic E-state index is -0.299. The topological polar surface area (TPSA) is 9.23 Å². The lowest BCUT2D eigenvalue weighted by Crippen LogP contribution is -1.99. The maximum atomic E-state index is 13.6. The molecule has 18 heavy (non-hydrogen) atoms. The summed E-state index contributed by atoms with van der Waals surface area (Å²) in [4.78, 5) is 0. The molecule has 0 aromatic heterocycles. The van der Waals surface area contributed by atoms with Gasteiger partial charge in [-0.05, 0) is 36.8 Å². The van der Waals surface area contributed by atoms with E-state index in [4.69, 9.17) is 16.3 Å². The highest BCUT2D eigenvalue weighted by atomic mass is 79.9. The molecule has 0 aliphatic heterocycles. The first kappa shape index (κ1) is 13.4. The molecule has 2 aromatic carbocycles. The Labute approximate surface area is 119 Å². The van der Waals surface area contributed by atoms with E-state index in [1.165, 1.54) is 6.07 Å². The molecule has 94 valence electrons. The highest BCUT2D eigenvalue weighted by Crippen LogP contribution is 2.26. The second kappa shape index (κ2) is 5.72. The third-order valence-electron chi connectivity index (χ3n) is 2.49. The number of benzene rings is 2. The zero-order chi connectivity index (χ0) is 13.1. The van der Waals surface area contributed by atoms with Crippen LogP contribution >= 0.6 is 27.5 Å². The molecule has 0 fully saturated rings. The molecule has 0 radical (unpaired) electrons. The Hall–Kier alpha value is -1.06. The lowest BCUT2D eigenvalue weighted by Gasteiger charge is -2.09. The lowest BCUT2D eigenvalue weighted by atomic mass is 10.2. The first-order chi connectivity index (χ1) is 8.56. The monoisotopic (exact) mass is 328 g/mol. The van der Waals surface area contributed by atoms with Crippen molar-refractivity contribution in [2.45, 2.75) is 13.5 Å². The Kier molecular flexibility index (Phi) is 4.25. The van der Waals surface area contributed by atoms with E-state index in [-0.39, 0.29) is 12.4 Å². The summed E-state index contributed by atoms with van der Waals surface area (Å²) in [5, 5.41) is 0.535. The van der Waals surface area contributed by atoms with E-state index in [2.05, 4.69) is 15.9 Å². The number of hydrogen-bond acceptors (Lipinski definition) is 1. The molecule has 2 aromatic rings. The van der Waals surface area contributed by atoms with Crippen LogP contribution in [0, 0.1) is 12.7 Å². The fourth-order valence-corrected chi connectivity index (χ4v) is 2.14. The van der Waals surface area contributed by atoms with Crippen molar-refractivity contribution in [3.05, 3.63) is 62.8 Å². The summed E-state index contributed by atoms with van der Waals surface area (Å²) in [5.74, 6) is 0.261. The highest BCUT2D eigenvalue weighted by molar-refractivity contribution is 9.10. The van der Waals surface area contributed by atoms with Gasteiger partial charge in [0.1, 0.15) is 18.2 Å². The standard InChI is InChI=1S/C14H11BrClFO/c1-9-2-5-14(12(16)6-9)18-8-10-3-4-11(15)7-13(10)17/h2-7H,8H2,1H3. The molecule has 0 bridgehead atoms. The van der Waals surface area contributed by atoms with Gasteiger partial charge in [-0.3, -0.25) is 0 Å². The molecule has 4 heteroatoms. The quantitative estimate of drug-likeness (QED) is 0.758. The minimum Gasteiger partial charge on any atom is -0.487 e. The van der Waals surface area contributed by atoms with Crippen molar-refractivity contribution in [1.82, 2.24) is 0 Å². The van der Waals surface area contributed by atoms with Crippen molar-refractivity contribution in [2.24, 2.45) is 0 Å². The maximum Gasteiger partial charge on any atom is 0.138 e. The van der Waals surface area contributed by atoms with Crippen LogP contribution in [0.4, 0.5) is 4.39 Å². The van der Waals surface area contributed by atoms with Crippen molar-refractivity contribution in [3.63, 3.8) is 0 Å². The molecule has 0 saturated heterocycles. The molecule has 0 heterocycles. The smallest absolute Gasteiger partial charge is 0.138 e. The average molecular weight is 330 g/mol. The molecule has 2 rings (SSSR count). The minimum absolute atomic E-state index is 0.155. The predicted octanol–water partition coefficient (Wildman–Crippen LogP) is 5.13. The molecule has 1 nitrogen and oxygen atoms in total. The number of hydrogen-bond donors (Lipinski definition) is 0. The molecular formula is C14H11BrClFO. The van der Waals surface area contributed by atoms with Crippen LogP contribution in [-0.4, -0.2) is 0 Å². The van der Waals surface area contributed by atoms with Gasteiger partial charge in [-0.1, -0.05) is 39.7 Å². The van der Waals surface area contributed by atoms with E-state index >= 15 is 0 Å². The van der Waals surface area contributed by atoms with Crippen LogP contribution in [0.15, 0.2) is 40.9 Å². The fourth-order valence-electron chi connectivity index (χ4n) is 1.52. The molecular weight excluding hydrogens is 319 g/mol. The zero-order valence-corrected chi connectivity index (χ0v) is 12.1. The van der Waals surface area contributed by atoms with E-state index in [1.807, 2.05) is 19.1 Å². The molecule has 0 amide bonds. The first-order valence-electron chi connectivity index (χ1n) is 5.39. The second-order valence-electron chi connectivity index (χ2n) is 3.96. The van der Waals surface area contributed by atoms with Gasteiger partial charge >= 0.3 is 0 Å². The van der Waals surface area contributed by atoms with Crippen molar-refractivity contribution in [1.29, 1.82) is 0 Å². The lowest BCUT2D eigenvalue weighted by molar-refractivity contribution is 0.300. The second-order valence-corrected chi connectivity index (χ2v) is 5.28. The Bertz CT molecular complexity index is 520. The van der Waals surface area contributed by atoms with E-state index in [0.29, 0.717) is 20.8 Å². The Balaban J connectivity index is 2.11. The van der Waals surface area contributed by atoms with Gasteiger partial charge in [-0.25, -0.2) is 4.39 Å². The van der Waals surface area contributed by atoms with E-state index in [9.17, 15) is 4.39 Å². The van der Waals surface area contributed by atoms with Gasteiger partial charge in [0.15, 0.2) is 0 Å². The predicted molar refractivity (Wildman–Crippen MR) is 74.6 cm³/mol. The van der Waals surface area contributed by atoms with Gasteiger partial charge in [-0.2, -0.15) is 0 Å². The third kappa shape index (κ3) is 3.24. The van der Waals surface area contributed by atoms with Gasteiger partial charge < -0.3 is 4.74 Å². The molecule has 0 saturated carbocycles. The first-order valence-corrected chi connectivity index (χ1v) is 6.56. The summed E-state index contributed by atoms with van der Waals surface area (Å²) < 4.78 is 19.8. The van der Waals surface area contributed by atoms with Crippen molar-refractivity contribution >= 4 is 27.5 Å². The number of rotatable bonds is 3. The molecule has 0 aliphatic carbocycles. The van der Waals surface area contributed by atoms with E-state index in [1.54, 1.807) is 18.2 Å². The Morgan fingerprint density at radius 3 is 2.67 bits per heavy atom. The fraction of sp³-hybridized carbons (Fsp3) is 0.143. The van der Waals surface area contributed by atoms with Gasteiger partial charge in [-0.15, -0.1) is 0 Å². The van der Waals surface area contributed by atoms with E-state index in [0.717, 1.165) is 5.56 Å². The van der Waals surface area contributed by atoms with Crippen LogP contribution in [0.5, 0.6) is 5.75 Å². The average Bonchev–Trinajstić information content (AvgIpc) is 2.30. The van der Waals surface area contributed by atoms with Gasteiger partial charge in [0.05, 0.1) is 5.02 Å². The Morgan fingerprint density at radius 1 is 1.22 bits per heavy atom. The normalized spacial score (nSPS) is 10.4. The Morgan fingerprint density at radius 2 is 2.00 bits per heavy atom. The summed E-state index contributed by atoms with van der Waals surface area (Å²) in [6, 6.07) is 10.4. The molecule has 0 atom stereocenters. The summed E-state index contributed by atoms with van der Waals surface area (Å²) in [6.07, 6.45) is 0. The number of ether oxygens (including phenoxy) is 1.